The Kier molecular flexibility index (Phi) is 9.08. The quantitative estimate of drug-likeness (QED) is 0.271. The van der Waals surface area contributed by atoms with Crippen LogP contribution in [0.5, 0.6) is 0 Å². The molecular formula is C22H33Cl2MnN6. The number of aromatic nitrogens is 6. The zero-order chi connectivity index (χ0) is 22.3. The minimum absolute atomic E-state index is 0.925. The maximum atomic E-state index is 6.83. The zero-order valence-corrected chi connectivity index (χ0v) is 21.3. The van der Waals surface area contributed by atoms with Gasteiger partial charge in [0.15, 0.2) is 0 Å². The molecule has 0 bridgehead atoms. The van der Waals surface area contributed by atoms with E-state index in [4.69, 9.17) is 35.5 Å². The van der Waals surface area contributed by atoms with Crippen molar-refractivity contribution in [2.24, 2.45) is 0 Å². The number of rotatable bonds is 13. The standard InChI is InChI=1S/C22H33N6.2ClH.Mn/c1-4-7-10-19-13-16-26(23-19)22(27-17-14-20(24-27)11-8-5-2)28-18-15-21(25-28)12-9-6-3;;;/h13-18H,4-12H2,1-3H3;2*1H;/q;;;+2/p-2. The molecule has 0 aliphatic heterocycles. The summed E-state index contributed by atoms with van der Waals surface area (Å²) in [5.74, 6) is 0. The van der Waals surface area contributed by atoms with E-state index in [1.165, 1.54) is 0 Å². The summed E-state index contributed by atoms with van der Waals surface area (Å²) in [6.07, 6.45) is 15.3. The second-order valence-corrected chi connectivity index (χ2v) is 12.2. The normalized spacial score (nSPS) is 12.5. The van der Waals surface area contributed by atoms with E-state index in [0.717, 1.165) is 74.9 Å². The van der Waals surface area contributed by atoms with E-state index in [1.54, 1.807) is 0 Å². The Morgan fingerprint density at radius 3 is 1.26 bits per heavy atom. The Balaban J connectivity index is 2.09. The van der Waals surface area contributed by atoms with Crippen LogP contribution in [0.3, 0.4) is 0 Å². The van der Waals surface area contributed by atoms with Crippen LogP contribution in [0.2, 0.25) is 0 Å². The summed E-state index contributed by atoms with van der Waals surface area (Å²) < 4.78 is 4.57. The van der Waals surface area contributed by atoms with Gasteiger partial charge in [0, 0.05) is 0 Å². The first kappa shape index (κ1) is 24.4. The molecule has 0 aliphatic carbocycles. The van der Waals surface area contributed by atoms with Crippen molar-refractivity contribution in [1.29, 1.82) is 0 Å². The molecule has 0 amide bonds. The van der Waals surface area contributed by atoms with Gasteiger partial charge in [0.05, 0.1) is 0 Å². The van der Waals surface area contributed by atoms with Crippen LogP contribution in [-0.2, 0) is 36.0 Å². The van der Waals surface area contributed by atoms with E-state index in [1.807, 2.05) is 50.8 Å². The number of unbranched alkanes of at least 4 members (excludes halogenated alkanes) is 3. The average molecular weight is 507 g/mol. The topological polar surface area (TPSA) is 53.5 Å². The van der Waals surface area contributed by atoms with Crippen molar-refractivity contribution >= 4 is 20.2 Å². The van der Waals surface area contributed by atoms with Gasteiger partial charge < -0.3 is 0 Å². The van der Waals surface area contributed by atoms with E-state index in [9.17, 15) is 0 Å². The summed E-state index contributed by atoms with van der Waals surface area (Å²) in [7, 11) is 13.7. The number of hydrogen-bond donors (Lipinski definition) is 0. The van der Waals surface area contributed by atoms with Gasteiger partial charge in [0.2, 0.25) is 0 Å². The Hall–Kier alpha value is -1.27. The molecule has 0 fully saturated rings. The number of halogens is 2. The molecule has 172 valence electrons. The Morgan fingerprint density at radius 2 is 1.00 bits per heavy atom. The predicted molar refractivity (Wildman–Crippen MR) is 123 cm³/mol. The number of nitrogens with zero attached hydrogens (tertiary/aromatic N) is 6. The average Bonchev–Trinajstić information content (AvgIpc) is 3.52. The SMILES string of the molecule is CCCCc1ccn([C](n2ccc(CCCC)n2)(n2ccc(CCCC)n2)[Mn]([Cl])[Cl])n1. The second kappa shape index (κ2) is 11.6. The Morgan fingerprint density at radius 1 is 0.677 bits per heavy atom. The molecule has 0 aromatic carbocycles. The third-order valence-electron chi connectivity index (χ3n) is 5.36. The zero-order valence-electron chi connectivity index (χ0n) is 18.6. The van der Waals surface area contributed by atoms with Crippen LogP contribution >= 0.6 is 20.2 Å². The van der Waals surface area contributed by atoms with Crippen LogP contribution in [0, 0.1) is 0 Å². The molecule has 0 N–H and O–H groups in total. The van der Waals surface area contributed by atoms with Crippen molar-refractivity contribution in [2.75, 3.05) is 0 Å². The summed E-state index contributed by atoms with van der Waals surface area (Å²) in [6, 6.07) is 6.14. The van der Waals surface area contributed by atoms with Crippen LogP contribution in [-0.4, -0.2) is 29.3 Å². The van der Waals surface area contributed by atoms with Crippen molar-refractivity contribution in [3.8, 4) is 0 Å². The minimum atomic E-state index is -2.09. The van der Waals surface area contributed by atoms with Gasteiger partial charge in [-0.3, -0.25) is 0 Å². The molecule has 3 aromatic heterocycles. The number of hydrogen-bond acceptors (Lipinski definition) is 3. The summed E-state index contributed by atoms with van der Waals surface area (Å²) in [6.45, 7) is 6.55. The van der Waals surface area contributed by atoms with Gasteiger partial charge in [0.1, 0.15) is 0 Å². The first-order valence-corrected chi connectivity index (χ1v) is 15.1. The summed E-state index contributed by atoms with van der Waals surface area (Å²) >= 11 is -2.09. The molecule has 3 rings (SSSR count). The van der Waals surface area contributed by atoms with Crippen molar-refractivity contribution in [2.45, 2.75) is 83.2 Å². The molecule has 0 unspecified atom stereocenters. The molecule has 0 spiro atoms. The molecule has 3 aromatic rings. The van der Waals surface area contributed by atoms with Crippen molar-refractivity contribution < 1.29 is 12.1 Å². The summed E-state index contributed by atoms with van der Waals surface area (Å²) in [5, 5.41) is 14.7. The number of aryl methyl sites for hydroxylation is 3. The van der Waals surface area contributed by atoms with Gasteiger partial charge in [-0.05, 0) is 0 Å². The fraction of sp³-hybridized carbons (Fsp3) is 0.591. The van der Waals surface area contributed by atoms with E-state index < -0.39 is 16.8 Å². The third kappa shape index (κ3) is 5.39. The van der Waals surface area contributed by atoms with E-state index in [0.29, 0.717) is 0 Å². The summed E-state index contributed by atoms with van der Waals surface area (Å²) in [5.41, 5.74) is 3.08. The van der Waals surface area contributed by atoms with Crippen LogP contribution in [0.25, 0.3) is 0 Å². The molecule has 6 nitrogen and oxygen atoms in total. The first-order chi connectivity index (χ1) is 15.1. The monoisotopic (exact) mass is 506 g/mol. The first-order valence-electron chi connectivity index (χ1n) is 11.2. The van der Waals surface area contributed by atoms with Gasteiger partial charge in [0.25, 0.3) is 0 Å². The van der Waals surface area contributed by atoms with Crippen molar-refractivity contribution in [1.82, 2.24) is 29.3 Å². The van der Waals surface area contributed by atoms with Crippen LogP contribution < -0.4 is 0 Å². The third-order valence-corrected chi connectivity index (χ3v) is 8.35. The van der Waals surface area contributed by atoms with Gasteiger partial charge >= 0.3 is 199 Å². The van der Waals surface area contributed by atoms with E-state index in [2.05, 4.69) is 20.8 Å². The Bertz CT molecular complexity index is 819. The van der Waals surface area contributed by atoms with Gasteiger partial charge in [-0.1, -0.05) is 0 Å². The Labute approximate surface area is 198 Å². The molecule has 3 heterocycles. The molecule has 0 atom stereocenters. The van der Waals surface area contributed by atoms with E-state index in [-0.39, 0.29) is 0 Å². The van der Waals surface area contributed by atoms with Crippen molar-refractivity contribution in [3.05, 3.63) is 53.9 Å². The predicted octanol–water partition coefficient (Wildman–Crippen LogP) is 5.89. The molecule has 0 saturated carbocycles. The van der Waals surface area contributed by atoms with E-state index >= 15 is 0 Å². The van der Waals surface area contributed by atoms with Crippen LogP contribution in [0.4, 0.5) is 0 Å². The van der Waals surface area contributed by atoms with Gasteiger partial charge in [-0.15, -0.1) is 0 Å². The molecular weight excluding hydrogens is 474 g/mol. The van der Waals surface area contributed by atoms with Crippen LogP contribution in [0.1, 0.15) is 76.4 Å². The summed E-state index contributed by atoms with van der Waals surface area (Å²) in [4.78, 5) is 0. The fourth-order valence-corrected chi connectivity index (χ4v) is 6.22. The van der Waals surface area contributed by atoms with Gasteiger partial charge in [-0.25, -0.2) is 0 Å². The maximum absolute atomic E-state index is 6.83. The molecule has 9 heteroatoms. The second-order valence-electron chi connectivity index (χ2n) is 7.82. The molecule has 0 aliphatic rings. The van der Waals surface area contributed by atoms with Crippen molar-refractivity contribution in [3.63, 3.8) is 0 Å². The molecule has 0 radical (unpaired) electrons. The van der Waals surface area contributed by atoms with Crippen LogP contribution in [0.15, 0.2) is 36.8 Å². The fourth-order valence-electron chi connectivity index (χ4n) is 3.55. The molecule has 31 heavy (non-hydrogen) atoms. The van der Waals surface area contributed by atoms with Gasteiger partial charge in [-0.2, -0.15) is 0 Å². The molecule has 0 saturated heterocycles.